The van der Waals surface area contributed by atoms with Gasteiger partial charge in [-0.1, -0.05) is 24.3 Å². The zero-order chi connectivity index (χ0) is 15.1. The normalized spacial score (nSPS) is 12.4. The molecule has 0 saturated carbocycles. The van der Waals surface area contributed by atoms with E-state index >= 15 is 0 Å². The second kappa shape index (κ2) is 9.11. The van der Waals surface area contributed by atoms with Crippen LogP contribution in [0.25, 0.3) is 0 Å². The Morgan fingerprint density at radius 3 is 1.95 bits per heavy atom. The summed E-state index contributed by atoms with van der Waals surface area (Å²) in [5.41, 5.74) is 1.38. The molecule has 5 heteroatoms. The number of nitrogens with zero attached hydrogens (tertiary/aromatic N) is 2. The monoisotopic (exact) mass is 346 g/mol. The Hall–Kier alpha value is -2.00. The van der Waals surface area contributed by atoms with Crippen LogP contribution in [-0.4, -0.2) is 35.2 Å². The molecule has 0 bridgehead atoms. The first-order valence-electron chi connectivity index (χ1n) is 6.76. The topological polar surface area (TPSA) is 65.2 Å². The molecule has 2 aromatic rings. The molecule has 0 amide bonds. The smallest absolute Gasteiger partial charge is 0.124 e. The molecule has 2 rings (SSSR count). The molecule has 2 aromatic carbocycles. The summed E-state index contributed by atoms with van der Waals surface area (Å²) in [7, 11) is 0. The SMILES string of the molecule is CC(CN=Cc1ccccc1O)N=Cc1ccccc1O.[Zn]. The molecule has 0 aliphatic heterocycles. The quantitative estimate of drug-likeness (QED) is 0.645. The summed E-state index contributed by atoms with van der Waals surface area (Å²) in [5.74, 6) is 0.428. The molecule has 0 fully saturated rings. The summed E-state index contributed by atoms with van der Waals surface area (Å²) >= 11 is 0. The largest absolute Gasteiger partial charge is 0.507 e. The van der Waals surface area contributed by atoms with Crippen molar-refractivity contribution in [3.05, 3.63) is 59.7 Å². The summed E-state index contributed by atoms with van der Waals surface area (Å²) in [5, 5.41) is 19.2. The van der Waals surface area contributed by atoms with Crippen LogP contribution in [0.3, 0.4) is 0 Å². The van der Waals surface area contributed by atoms with E-state index in [1.54, 1.807) is 48.8 Å². The van der Waals surface area contributed by atoms with E-state index < -0.39 is 0 Å². The van der Waals surface area contributed by atoms with Crippen molar-refractivity contribution in [2.45, 2.75) is 13.0 Å². The van der Waals surface area contributed by atoms with E-state index in [9.17, 15) is 10.2 Å². The van der Waals surface area contributed by atoms with Crippen molar-refractivity contribution in [2.24, 2.45) is 9.98 Å². The van der Waals surface area contributed by atoms with Gasteiger partial charge < -0.3 is 10.2 Å². The minimum Gasteiger partial charge on any atom is -0.507 e. The first-order chi connectivity index (χ1) is 10.2. The maximum absolute atomic E-state index is 9.63. The van der Waals surface area contributed by atoms with Crippen LogP contribution in [0.4, 0.5) is 0 Å². The zero-order valence-corrected chi connectivity index (χ0v) is 15.5. The van der Waals surface area contributed by atoms with Gasteiger partial charge in [0.15, 0.2) is 0 Å². The Kier molecular flexibility index (Phi) is 7.48. The van der Waals surface area contributed by atoms with E-state index in [4.69, 9.17) is 0 Å². The molecule has 0 heterocycles. The molecule has 0 aliphatic carbocycles. The summed E-state index contributed by atoms with van der Waals surface area (Å²) in [6.07, 6.45) is 3.29. The van der Waals surface area contributed by atoms with Crippen molar-refractivity contribution in [1.29, 1.82) is 0 Å². The Morgan fingerprint density at radius 1 is 0.909 bits per heavy atom. The van der Waals surface area contributed by atoms with Crippen molar-refractivity contribution in [2.75, 3.05) is 6.54 Å². The molecule has 1 atom stereocenters. The Bertz CT molecular complexity index is 657. The van der Waals surface area contributed by atoms with E-state index in [1.807, 2.05) is 19.1 Å². The number of aromatic hydroxyl groups is 2. The minimum atomic E-state index is -0.00767. The van der Waals surface area contributed by atoms with Crippen LogP contribution in [-0.2, 0) is 19.5 Å². The van der Waals surface area contributed by atoms with E-state index in [1.165, 1.54) is 0 Å². The van der Waals surface area contributed by atoms with E-state index in [-0.39, 0.29) is 37.0 Å². The number of benzene rings is 2. The Labute approximate surface area is 143 Å². The Morgan fingerprint density at radius 2 is 1.41 bits per heavy atom. The fourth-order valence-electron chi connectivity index (χ4n) is 1.75. The van der Waals surface area contributed by atoms with Crippen LogP contribution >= 0.6 is 0 Å². The minimum absolute atomic E-state index is 0. The van der Waals surface area contributed by atoms with Gasteiger partial charge in [-0.25, -0.2) is 0 Å². The van der Waals surface area contributed by atoms with Crippen molar-refractivity contribution < 1.29 is 29.7 Å². The van der Waals surface area contributed by atoms with Crippen LogP contribution in [0, 0.1) is 0 Å². The third-order valence-corrected chi connectivity index (χ3v) is 2.94. The number of phenols is 2. The first kappa shape index (κ1) is 18.1. The van der Waals surface area contributed by atoms with Gasteiger partial charge in [-0.2, -0.15) is 0 Å². The Balaban J connectivity index is 0.00000242. The maximum Gasteiger partial charge on any atom is 0.124 e. The van der Waals surface area contributed by atoms with Crippen molar-refractivity contribution in [3.8, 4) is 11.5 Å². The van der Waals surface area contributed by atoms with Crippen molar-refractivity contribution in [1.82, 2.24) is 0 Å². The third kappa shape index (κ3) is 5.42. The summed E-state index contributed by atoms with van der Waals surface area (Å²) < 4.78 is 0. The van der Waals surface area contributed by atoms with Gasteiger partial charge in [-0.15, -0.1) is 0 Å². The standard InChI is InChI=1S/C17H18N2O2.Zn/c1-13(19-12-15-7-3-5-9-17(15)21)10-18-11-14-6-2-4-8-16(14)20;/h2-9,11-13,20-21H,10H2,1H3;. The molecule has 0 saturated heterocycles. The summed E-state index contributed by atoms with van der Waals surface area (Å²) in [6.45, 7) is 2.46. The molecule has 0 aliphatic rings. The number of phenolic OH excluding ortho intramolecular Hbond substituents is 2. The van der Waals surface area contributed by atoms with Crippen molar-refractivity contribution in [3.63, 3.8) is 0 Å². The summed E-state index contributed by atoms with van der Waals surface area (Å²) in [4.78, 5) is 8.62. The average molecular weight is 348 g/mol. The fourth-order valence-corrected chi connectivity index (χ4v) is 1.75. The van der Waals surface area contributed by atoms with Crippen molar-refractivity contribution >= 4 is 12.4 Å². The molecule has 4 nitrogen and oxygen atoms in total. The van der Waals surface area contributed by atoms with Crippen LogP contribution < -0.4 is 0 Å². The molecule has 0 spiro atoms. The van der Waals surface area contributed by atoms with Gasteiger partial charge in [0.2, 0.25) is 0 Å². The maximum atomic E-state index is 9.63. The second-order valence-corrected chi connectivity index (χ2v) is 4.74. The molecular formula is C17H18N2O2Zn. The van der Waals surface area contributed by atoms with Crippen LogP contribution in [0.15, 0.2) is 58.5 Å². The number of aliphatic imine (C=N–C) groups is 2. The van der Waals surface area contributed by atoms with Gasteiger partial charge in [-0.3, -0.25) is 9.98 Å². The number of rotatable bonds is 5. The third-order valence-electron chi connectivity index (χ3n) is 2.94. The van der Waals surface area contributed by atoms with Crippen LogP contribution in [0.5, 0.6) is 11.5 Å². The van der Waals surface area contributed by atoms with Gasteiger partial charge in [0, 0.05) is 43.0 Å². The van der Waals surface area contributed by atoms with E-state index in [2.05, 4.69) is 9.98 Å². The van der Waals surface area contributed by atoms with Gasteiger partial charge in [-0.05, 0) is 31.2 Å². The predicted octanol–water partition coefficient (Wildman–Crippen LogP) is 3.02. The fraction of sp³-hybridized carbons (Fsp3) is 0.176. The number of para-hydroxylation sites is 2. The predicted molar refractivity (Wildman–Crippen MR) is 85.7 cm³/mol. The van der Waals surface area contributed by atoms with Crippen LogP contribution in [0.2, 0.25) is 0 Å². The second-order valence-electron chi connectivity index (χ2n) is 4.74. The average Bonchev–Trinajstić information content (AvgIpc) is 2.48. The molecular weight excluding hydrogens is 330 g/mol. The van der Waals surface area contributed by atoms with Gasteiger partial charge in [0.25, 0.3) is 0 Å². The number of hydrogen-bond acceptors (Lipinski definition) is 4. The van der Waals surface area contributed by atoms with Gasteiger partial charge in [0.1, 0.15) is 11.5 Å². The van der Waals surface area contributed by atoms with Gasteiger partial charge >= 0.3 is 0 Å². The van der Waals surface area contributed by atoms with E-state index in [0.29, 0.717) is 17.7 Å². The molecule has 0 radical (unpaired) electrons. The molecule has 0 aromatic heterocycles. The van der Waals surface area contributed by atoms with Crippen LogP contribution in [0.1, 0.15) is 18.1 Å². The van der Waals surface area contributed by atoms with Gasteiger partial charge in [0.05, 0.1) is 12.6 Å². The molecule has 22 heavy (non-hydrogen) atoms. The van der Waals surface area contributed by atoms with E-state index in [0.717, 1.165) is 0 Å². The zero-order valence-electron chi connectivity index (χ0n) is 12.6. The molecule has 110 valence electrons. The summed E-state index contributed by atoms with van der Waals surface area (Å²) in [6, 6.07) is 14.1. The number of hydrogen-bond donors (Lipinski definition) is 2. The first-order valence-corrected chi connectivity index (χ1v) is 6.76. The molecule has 1 unspecified atom stereocenters. The molecule has 2 N–H and O–H groups in total.